The number of ketones is 1. The van der Waals surface area contributed by atoms with Gasteiger partial charge in [0.25, 0.3) is 5.92 Å². The van der Waals surface area contributed by atoms with E-state index in [0.29, 0.717) is 43.2 Å². The van der Waals surface area contributed by atoms with Gasteiger partial charge in [-0.15, -0.1) is 6.42 Å². The number of carbonyl (C=O) groups is 1. The zero-order valence-corrected chi connectivity index (χ0v) is 25.2. The van der Waals surface area contributed by atoms with Crippen molar-refractivity contribution in [3.8, 4) is 12.3 Å². The van der Waals surface area contributed by atoms with E-state index in [1.807, 2.05) is 12.2 Å². The Balaban J connectivity index is 1.70. The first kappa shape index (κ1) is 32.0. The van der Waals surface area contributed by atoms with Crippen molar-refractivity contribution < 1.29 is 13.6 Å². The number of likely N-dealkylation sites (tertiary alicyclic amines) is 2. The molecule has 40 heavy (non-hydrogen) atoms. The SMILES string of the molecule is C#C/C(=C\C=C\C(CCC)N1CCC(N2CCC(F)(F)CC2)CC1)C(=O)/C1=C(\C(C)(C)C)NC/C=C(C)\C=C/C1. The number of hydrogen-bond donors (Lipinski definition) is 1. The zero-order valence-electron chi connectivity index (χ0n) is 25.2. The van der Waals surface area contributed by atoms with Crippen molar-refractivity contribution in [2.45, 2.75) is 97.6 Å². The smallest absolute Gasteiger partial charge is 0.250 e. The van der Waals surface area contributed by atoms with E-state index in [2.05, 4.69) is 73.9 Å². The highest BCUT2D eigenvalue weighted by atomic mass is 19.3. The molecule has 4 nitrogen and oxygen atoms in total. The molecule has 0 aromatic heterocycles. The Labute approximate surface area is 241 Å². The number of halogens is 2. The molecule has 3 heterocycles. The van der Waals surface area contributed by atoms with Crippen molar-refractivity contribution in [3.63, 3.8) is 0 Å². The van der Waals surface area contributed by atoms with Gasteiger partial charge in [-0.25, -0.2) is 8.78 Å². The van der Waals surface area contributed by atoms with Crippen LogP contribution in [-0.2, 0) is 4.79 Å². The minimum absolute atomic E-state index is 0.0198. The van der Waals surface area contributed by atoms with Crippen LogP contribution in [0, 0.1) is 17.8 Å². The van der Waals surface area contributed by atoms with Gasteiger partial charge in [0.15, 0.2) is 5.78 Å². The van der Waals surface area contributed by atoms with E-state index in [1.54, 1.807) is 6.08 Å². The van der Waals surface area contributed by atoms with Gasteiger partial charge in [0.05, 0.1) is 5.57 Å². The van der Waals surface area contributed by atoms with E-state index in [1.165, 1.54) is 0 Å². The van der Waals surface area contributed by atoms with Crippen LogP contribution < -0.4 is 5.32 Å². The highest BCUT2D eigenvalue weighted by Crippen LogP contribution is 2.32. The number of Topliss-reactive ketones (excluding diaryl/α,β-unsaturated/α-hetero) is 1. The van der Waals surface area contributed by atoms with E-state index in [0.717, 1.165) is 50.0 Å². The summed E-state index contributed by atoms with van der Waals surface area (Å²) in [4.78, 5) is 18.5. The summed E-state index contributed by atoms with van der Waals surface area (Å²) >= 11 is 0. The van der Waals surface area contributed by atoms with Gasteiger partial charge in [-0.2, -0.15) is 0 Å². The molecular formula is C34H49F2N3O. The minimum atomic E-state index is -2.50. The normalized spacial score (nSPS) is 27.1. The highest BCUT2D eigenvalue weighted by molar-refractivity contribution is 6.12. The quantitative estimate of drug-likeness (QED) is 0.203. The lowest BCUT2D eigenvalue weighted by atomic mass is 9.85. The van der Waals surface area contributed by atoms with Crippen LogP contribution in [0.15, 0.2) is 58.9 Å². The zero-order chi connectivity index (χ0) is 29.3. The van der Waals surface area contributed by atoms with Crippen molar-refractivity contribution >= 4 is 5.78 Å². The van der Waals surface area contributed by atoms with Gasteiger partial charge in [-0.05, 0) is 38.7 Å². The van der Waals surface area contributed by atoms with Crippen LogP contribution in [0.1, 0.15) is 79.6 Å². The number of nitrogens with one attached hydrogen (secondary N) is 1. The fraction of sp³-hybridized carbons (Fsp3) is 0.618. The minimum Gasteiger partial charge on any atom is -0.384 e. The fourth-order valence-corrected chi connectivity index (χ4v) is 6.00. The first-order valence-electron chi connectivity index (χ1n) is 15.0. The number of carbonyl (C=O) groups excluding carboxylic acids is 1. The lowest BCUT2D eigenvalue weighted by molar-refractivity contribution is -0.112. The molecule has 0 radical (unpaired) electrons. The second kappa shape index (κ2) is 14.4. The summed E-state index contributed by atoms with van der Waals surface area (Å²) in [6.45, 7) is 14.1. The van der Waals surface area contributed by atoms with Gasteiger partial charge in [-0.1, -0.05) is 76.0 Å². The van der Waals surface area contributed by atoms with Crippen LogP contribution in [0.5, 0.6) is 0 Å². The van der Waals surface area contributed by atoms with Crippen molar-refractivity contribution in [1.82, 2.24) is 15.1 Å². The van der Waals surface area contributed by atoms with Gasteiger partial charge in [0.2, 0.25) is 0 Å². The van der Waals surface area contributed by atoms with E-state index in [-0.39, 0.29) is 30.1 Å². The summed E-state index contributed by atoms with van der Waals surface area (Å²) < 4.78 is 27.2. The molecule has 0 bridgehead atoms. The Morgan fingerprint density at radius 2 is 1.90 bits per heavy atom. The summed E-state index contributed by atoms with van der Waals surface area (Å²) in [6.07, 6.45) is 22.6. The molecule has 0 spiro atoms. The maximum Gasteiger partial charge on any atom is 0.250 e. The summed E-state index contributed by atoms with van der Waals surface area (Å²) in [5.74, 6) is 0.0539. The molecule has 0 amide bonds. The molecule has 2 saturated heterocycles. The number of alkyl halides is 2. The van der Waals surface area contributed by atoms with Crippen LogP contribution in [0.25, 0.3) is 0 Å². The maximum absolute atomic E-state index is 13.7. The summed E-state index contributed by atoms with van der Waals surface area (Å²) in [5, 5.41) is 3.49. The van der Waals surface area contributed by atoms with Crippen molar-refractivity contribution in [1.29, 1.82) is 0 Å². The Morgan fingerprint density at radius 1 is 1.23 bits per heavy atom. The third-order valence-corrected chi connectivity index (χ3v) is 8.33. The monoisotopic (exact) mass is 553 g/mol. The second-order valence-electron chi connectivity index (χ2n) is 12.5. The predicted molar refractivity (Wildman–Crippen MR) is 162 cm³/mol. The first-order valence-corrected chi connectivity index (χ1v) is 15.0. The molecule has 3 aliphatic rings. The topological polar surface area (TPSA) is 35.6 Å². The lowest BCUT2D eigenvalue weighted by Gasteiger charge is -2.43. The number of nitrogens with zero attached hydrogens (tertiary/aromatic N) is 2. The largest absolute Gasteiger partial charge is 0.384 e. The second-order valence-corrected chi connectivity index (χ2v) is 12.5. The van der Waals surface area contributed by atoms with Crippen molar-refractivity contribution in [3.05, 3.63) is 58.9 Å². The van der Waals surface area contributed by atoms with Gasteiger partial charge in [0.1, 0.15) is 0 Å². The molecule has 0 aromatic rings. The number of piperidine rings is 2. The van der Waals surface area contributed by atoms with Crippen LogP contribution in [0.4, 0.5) is 8.78 Å². The average Bonchev–Trinajstić information content (AvgIpc) is 3.00. The Kier molecular flexibility index (Phi) is 11.5. The van der Waals surface area contributed by atoms with Gasteiger partial charge in [-0.3, -0.25) is 14.6 Å². The average molecular weight is 554 g/mol. The van der Waals surface area contributed by atoms with Crippen molar-refractivity contribution in [2.75, 3.05) is 32.7 Å². The molecule has 0 aromatic carbocycles. The molecule has 220 valence electrons. The number of hydrogen-bond acceptors (Lipinski definition) is 4. The van der Waals surface area contributed by atoms with Gasteiger partial charge >= 0.3 is 0 Å². The number of terminal acetylenes is 1. The molecule has 6 heteroatoms. The van der Waals surface area contributed by atoms with E-state index in [4.69, 9.17) is 6.42 Å². The molecule has 2 fully saturated rings. The van der Waals surface area contributed by atoms with Gasteiger partial charge < -0.3 is 5.32 Å². The van der Waals surface area contributed by atoms with Gasteiger partial charge in [0, 0.05) is 74.3 Å². The molecule has 0 saturated carbocycles. The van der Waals surface area contributed by atoms with Crippen LogP contribution in [0.2, 0.25) is 0 Å². The fourth-order valence-electron chi connectivity index (χ4n) is 6.00. The molecule has 3 aliphatic heterocycles. The van der Waals surface area contributed by atoms with Crippen molar-refractivity contribution in [2.24, 2.45) is 5.41 Å². The first-order chi connectivity index (χ1) is 18.9. The molecule has 1 atom stereocenters. The Bertz CT molecular complexity index is 1070. The highest BCUT2D eigenvalue weighted by Gasteiger charge is 2.37. The summed E-state index contributed by atoms with van der Waals surface area (Å²) in [6, 6.07) is 0.652. The van der Waals surface area contributed by atoms with E-state index >= 15 is 0 Å². The summed E-state index contributed by atoms with van der Waals surface area (Å²) in [7, 11) is 0. The third kappa shape index (κ3) is 9.01. The molecule has 3 rings (SSSR count). The molecule has 1 N–H and O–H groups in total. The number of rotatable bonds is 8. The molecule has 0 aliphatic carbocycles. The molecular weight excluding hydrogens is 504 g/mol. The lowest BCUT2D eigenvalue weighted by Crippen LogP contribution is -2.51. The van der Waals surface area contributed by atoms with E-state index < -0.39 is 5.92 Å². The van der Waals surface area contributed by atoms with Crippen LogP contribution >= 0.6 is 0 Å². The van der Waals surface area contributed by atoms with Crippen LogP contribution in [-0.4, -0.2) is 66.3 Å². The number of allylic oxidation sites excluding steroid dienone is 8. The Morgan fingerprint density at radius 3 is 2.50 bits per heavy atom. The maximum atomic E-state index is 13.7. The van der Waals surface area contributed by atoms with Crippen LogP contribution in [0.3, 0.4) is 0 Å². The molecule has 1 unspecified atom stereocenters. The third-order valence-electron chi connectivity index (χ3n) is 8.33. The Hall–Kier alpha value is -2.49. The predicted octanol–water partition coefficient (Wildman–Crippen LogP) is 6.83. The standard InChI is InChI=1S/C34H49F2N3O/c1-7-11-28(38-22-17-29(18-23-38)39-24-19-34(35,36)20-25-39)14-10-13-27(8-2)31(40)30-15-9-12-26(3)16-21-37-32(30)33(4,5)6/h2,9-10,12-14,16,28-29,37H,7,11,15,17-25H2,1,3-6H3/b12-9-,14-10+,26-16-,27-13+,32-30+. The van der Waals surface area contributed by atoms with E-state index in [9.17, 15) is 13.6 Å². The summed E-state index contributed by atoms with van der Waals surface area (Å²) in [5.41, 5.74) is 2.94.